The first kappa shape index (κ1) is 29.7. The molecule has 1 N–H and O–H groups in total. The summed E-state index contributed by atoms with van der Waals surface area (Å²) in [4.78, 5) is 14.2. The largest absolute Gasteiger partial charge is 0.460 e. The van der Waals surface area contributed by atoms with E-state index in [0.29, 0.717) is 12.8 Å². The molecule has 38 heavy (non-hydrogen) atoms. The highest BCUT2D eigenvalue weighted by molar-refractivity contribution is 7.92. The van der Waals surface area contributed by atoms with Crippen molar-refractivity contribution in [2.75, 3.05) is 28.5 Å². The molecule has 3 rings (SSSR count). The third kappa shape index (κ3) is 8.09. The molecule has 1 aromatic carbocycles. The first-order valence-electron chi connectivity index (χ1n) is 12.4. The summed E-state index contributed by atoms with van der Waals surface area (Å²) in [5.41, 5.74) is 1.54. The summed E-state index contributed by atoms with van der Waals surface area (Å²) in [5, 5.41) is 15.6. The molecule has 0 radical (unpaired) electrons. The summed E-state index contributed by atoms with van der Waals surface area (Å²) in [5.74, 6) is -2.68. The van der Waals surface area contributed by atoms with Crippen LogP contribution in [-0.4, -0.2) is 55.7 Å². The lowest BCUT2D eigenvalue weighted by atomic mass is 9.97. The van der Waals surface area contributed by atoms with Gasteiger partial charge in [-0.15, -0.1) is 20.4 Å². The second kappa shape index (κ2) is 12.8. The van der Waals surface area contributed by atoms with E-state index in [2.05, 4.69) is 25.3 Å². The molecule has 10 nitrogen and oxygen atoms in total. The van der Waals surface area contributed by atoms with Crippen LogP contribution in [-0.2, 0) is 21.2 Å². The summed E-state index contributed by atoms with van der Waals surface area (Å²) in [7, 11) is -4.77. The number of anilines is 2. The molecule has 0 unspecified atom stereocenters. The second-order valence-electron chi connectivity index (χ2n) is 8.82. The Morgan fingerprint density at radius 3 is 2.61 bits per heavy atom. The van der Waals surface area contributed by atoms with E-state index in [4.69, 9.17) is 4.74 Å². The number of fused-ring (bicyclic) bond motifs is 1. The second-order valence-corrected chi connectivity index (χ2v) is 11.5. The number of carbonyl (C=O) groups excluding carboxylic acids is 1. The predicted molar refractivity (Wildman–Crippen MR) is 139 cm³/mol. The third-order valence-electron chi connectivity index (χ3n) is 5.92. The lowest BCUT2D eigenvalue weighted by molar-refractivity contribution is -0.106. The van der Waals surface area contributed by atoms with Gasteiger partial charge in [-0.05, 0) is 49.8 Å². The van der Waals surface area contributed by atoms with Crippen molar-refractivity contribution in [3.63, 3.8) is 0 Å². The monoisotopic (exact) mass is 576 g/mol. The fraction of sp³-hybridized carbons (Fsp3) is 0.609. The highest BCUT2D eigenvalue weighted by Gasteiger charge is 2.36. The number of sulfonamides is 1. The first-order chi connectivity index (χ1) is 18.0. The molecule has 0 saturated carbocycles. The number of ether oxygens (including phenoxy) is 1. The van der Waals surface area contributed by atoms with Gasteiger partial charge in [-0.2, -0.15) is 13.2 Å². The van der Waals surface area contributed by atoms with Crippen LogP contribution < -0.4 is 9.62 Å². The number of nitrogens with one attached hydrogen (secondary N) is 1. The van der Waals surface area contributed by atoms with Crippen LogP contribution in [0.4, 0.5) is 35.4 Å². The van der Waals surface area contributed by atoms with Crippen molar-refractivity contribution in [1.29, 1.82) is 0 Å². The Labute approximate surface area is 223 Å². The van der Waals surface area contributed by atoms with Crippen LogP contribution >= 0.6 is 11.3 Å². The van der Waals surface area contributed by atoms with Gasteiger partial charge in [0.25, 0.3) is 5.13 Å². The zero-order valence-corrected chi connectivity index (χ0v) is 23.0. The van der Waals surface area contributed by atoms with Gasteiger partial charge in [-0.3, -0.25) is 4.72 Å². The molecule has 1 aliphatic rings. The lowest BCUT2D eigenvalue weighted by Crippen LogP contribution is -2.38. The van der Waals surface area contributed by atoms with E-state index >= 15 is 0 Å². The number of halogens is 3. The van der Waals surface area contributed by atoms with E-state index in [-0.39, 0.29) is 34.2 Å². The molecule has 15 heteroatoms. The van der Waals surface area contributed by atoms with Crippen LogP contribution in [0, 0.1) is 0 Å². The highest BCUT2D eigenvalue weighted by atomic mass is 32.2. The van der Waals surface area contributed by atoms with Crippen molar-refractivity contribution in [3.8, 4) is 0 Å². The van der Waals surface area contributed by atoms with Crippen LogP contribution in [0.2, 0.25) is 0 Å². The van der Waals surface area contributed by atoms with E-state index in [1.165, 1.54) is 6.07 Å². The van der Waals surface area contributed by atoms with E-state index < -0.39 is 27.9 Å². The molecule has 210 valence electrons. The zero-order chi connectivity index (χ0) is 27.9. The van der Waals surface area contributed by atoms with Crippen molar-refractivity contribution in [3.05, 3.63) is 22.7 Å². The zero-order valence-electron chi connectivity index (χ0n) is 21.4. The Morgan fingerprint density at radius 1 is 1.21 bits per heavy atom. The molecule has 1 aliphatic heterocycles. The lowest BCUT2D eigenvalue weighted by Gasteiger charge is -2.38. The molecule has 2 heterocycles. The number of aryl methyl sites for hydroxylation is 1. The van der Waals surface area contributed by atoms with Gasteiger partial charge in [0.2, 0.25) is 15.0 Å². The van der Waals surface area contributed by atoms with Gasteiger partial charge < -0.3 is 9.64 Å². The SMILES string of the molecule is CCCCOC(=O)c1nnc(N=Nc2cc3c(cc2NS(=O)(=O)CC(F)(F)F)N(C(CC)CC)CCC3)s1. The summed E-state index contributed by atoms with van der Waals surface area (Å²) < 4.78 is 70.5. The van der Waals surface area contributed by atoms with Crippen LogP contribution in [0.3, 0.4) is 0 Å². The van der Waals surface area contributed by atoms with Gasteiger partial charge in [-0.1, -0.05) is 38.5 Å². The number of esters is 1. The summed E-state index contributed by atoms with van der Waals surface area (Å²) in [6.45, 7) is 7.05. The van der Waals surface area contributed by atoms with Crippen molar-refractivity contribution in [2.24, 2.45) is 10.2 Å². The number of nitrogens with zero attached hydrogens (tertiary/aromatic N) is 5. The maximum absolute atomic E-state index is 12.9. The summed E-state index contributed by atoms with van der Waals surface area (Å²) in [6, 6.07) is 3.34. The van der Waals surface area contributed by atoms with E-state index in [0.717, 1.165) is 54.8 Å². The van der Waals surface area contributed by atoms with E-state index in [1.807, 2.05) is 25.5 Å². The highest BCUT2D eigenvalue weighted by Crippen LogP contribution is 2.40. The average molecular weight is 577 g/mol. The number of aromatic nitrogens is 2. The Kier molecular flexibility index (Phi) is 10.0. The third-order valence-corrected chi connectivity index (χ3v) is 7.94. The minimum atomic E-state index is -4.92. The van der Waals surface area contributed by atoms with E-state index in [1.54, 1.807) is 6.07 Å². The Morgan fingerprint density at radius 2 is 1.95 bits per heavy atom. The maximum atomic E-state index is 12.9. The minimum Gasteiger partial charge on any atom is -0.460 e. The van der Waals surface area contributed by atoms with Crippen LogP contribution in [0.15, 0.2) is 22.4 Å². The number of unbranched alkanes of at least 4 members (excludes halogenated alkanes) is 1. The van der Waals surface area contributed by atoms with Gasteiger partial charge in [-0.25, -0.2) is 13.2 Å². The topological polar surface area (TPSA) is 126 Å². The molecule has 2 aromatic rings. The normalized spacial score (nSPS) is 14.2. The molecule has 0 spiro atoms. The standard InChI is InChI=1S/C23H31F3N6O4S2/c1-4-7-11-36-21(33)20-28-30-22(37-20)29-27-17-12-15-9-8-10-32(16(5-2)6-3)19(15)13-18(17)31-38(34,35)14-23(24,25)26/h12-13,16,31H,4-11,14H2,1-3H3. The Bertz CT molecular complexity index is 1250. The number of hydrogen-bond donors (Lipinski definition) is 1. The van der Waals surface area contributed by atoms with Crippen LogP contribution in [0.1, 0.15) is 68.2 Å². The van der Waals surface area contributed by atoms with Crippen LogP contribution in [0.5, 0.6) is 0 Å². The van der Waals surface area contributed by atoms with Gasteiger partial charge in [0.1, 0.15) is 5.69 Å². The molecule has 0 bridgehead atoms. The molecule has 1 aromatic heterocycles. The number of rotatable bonds is 12. The number of alkyl halides is 3. The average Bonchev–Trinajstić information content (AvgIpc) is 3.31. The van der Waals surface area contributed by atoms with Crippen molar-refractivity contribution < 1.29 is 31.1 Å². The summed E-state index contributed by atoms with van der Waals surface area (Å²) >= 11 is 0.831. The van der Waals surface area contributed by atoms with Gasteiger partial charge in [0.05, 0.1) is 12.3 Å². The number of carbonyl (C=O) groups is 1. The molecule has 0 saturated heterocycles. The molecule has 0 aliphatic carbocycles. The Balaban J connectivity index is 1.96. The molecular formula is C23H31F3N6O4S2. The van der Waals surface area contributed by atoms with Gasteiger partial charge >= 0.3 is 12.1 Å². The van der Waals surface area contributed by atoms with Crippen molar-refractivity contribution in [2.45, 2.75) is 71.5 Å². The van der Waals surface area contributed by atoms with Crippen molar-refractivity contribution >= 4 is 49.5 Å². The van der Waals surface area contributed by atoms with E-state index in [9.17, 15) is 26.4 Å². The smallest absolute Gasteiger partial charge is 0.404 e. The molecule has 0 atom stereocenters. The first-order valence-corrected chi connectivity index (χ1v) is 14.9. The maximum Gasteiger partial charge on any atom is 0.404 e. The summed E-state index contributed by atoms with van der Waals surface area (Å²) in [6.07, 6.45) is -0.0987. The van der Waals surface area contributed by atoms with Crippen molar-refractivity contribution in [1.82, 2.24) is 10.2 Å². The van der Waals surface area contributed by atoms with Crippen LogP contribution in [0.25, 0.3) is 0 Å². The quantitative estimate of drug-likeness (QED) is 0.182. The van der Waals surface area contributed by atoms with Gasteiger partial charge in [0.15, 0.2) is 5.75 Å². The Hall–Kier alpha value is -2.81. The predicted octanol–water partition coefficient (Wildman–Crippen LogP) is 6.16. The fourth-order valence-electron chi connectivity index (χ4n) is 4.15. The van der Waals surface area contributed by atoms with Gasteiger partial charge in [0, 0.05) is 18.3 Å². The minimum absolute atomic E-state index is 0.00733. The number of hydrogen-bond acceptors (Lipinski definition) is 10. The number of azo groups is 1. The molecular weight excluding hydrogens is 545 g/mol. The molecule has 0 amide bonds. The fourth-order valence-corrected chi connectivity index (χ4v) is 5.71. The molecule has 0 fully saturated rings. The number of benzene rings is 1.